The minimum Gasteiger partial charge on any atom is -0.334 e. The van der Waals surface area contributed by atoms with Crippen molar-refractivity contribution in [3.05, 3.63) is 170 Å². The van der Waals surface area contributed by atoms with Crippen LogP contribution in [0.2, 0.25) is 0 Å². The number of hydrogen-bond acceptors (Lipinski definition) is 3. The van der Waals surface area contributed by atoms with Gasteiger partial charge < -0.3 is 14.0 Å². The van der Waals surface area contributed by atoms with Crippen LogP contribution in [-0.4, -0.2) is 36.1 Å². The van der Waals surface area contributed by atoms with Gasteiger partial charge in [0.2, 0.25) is 0 Å². The molecule has 0 saturated carbocycles. The van der Waals surface area contributed by atoms with Crippen molar-refractivity contribution in [3.63, 3.8) is 0 Å². The number of ether oxygens (including phenoxy) is 2. The molecule has 0 bridgehead atoms. The first-order valence-corrected chi connectivity index (χ1v) is 21.1. The highest BCUT2D eigenvalue weighted by Crippen LogP contribution is 2.49. The molecule has 1 saturated heterocycles. The van der Waals surface area contributed by atoms with E-state index in [0.29, 0.717) is 31.8 Å². The van der Waals surface area contributed by atoms with Crippen molar-refractivity contribution in [1.29, 1.82) is 0 Å². The smallest absolute Gasteiger partial charge is 0.334 e. The topological polar surface area (TPSA) is 35.5 Å². The zero-order valence-electron chi connectivity index (χ0n) is 29.5. The molecular formula is C44H36F6O3P2. The van der Waals surface area contributed by atoms with Crippen molar-refractivity contribution >= 4 is 51.7 Å². The Kier molecular flexibility index (Phi) is 10.6. The van der Waals surface area contributed by atoms with E-state index in [1.807, 2.05) is 133 Å². The fraction of sp³-hybridized carbons (Fsp3) is 0.159. The maximum Gasteiger partial charge on any atom is 0.414 e. The molecule has 3 nitrogen and oxygen atoms in total. The predicted molar refractivity (Wildman–Crippen MR) is 211 cm³/mol. The van der Waals surface area contributed by atoms with E-state index < -0.39 is 50.8 Å². The summed E-state index contributed by atoms with van der Waals surface area (Å²) in [4.78, 5) is 0. The molecule has 0 radical (unpaired) electrons. The molecule has 0 N–H and O–H groups in total. The normalized spacial score (nSPS) is 19.5. The minimum atomic E-state index is -5.06. The molecule has 0 aromatic heterocycles. The molecule has 55 heavy (non-hydrogen) atoms. The van der Waals surface area contributed by atoms with Crippen LogP contribution in [0, 0.1) is 0 Å². The second kappa shape index (κ2) is 15.1. The molecule has 6 aromatic rings. The zero-order valence-corrected chi connectivity index (χ0v) is 31.3. The molecular weight excluding hydrogens is 752 g/mol. The van der Waals surface area contributed by atoms with Gasteiger partial charge in [0.15, 0.2) is 25.1 Å². The molecule has 1 aliphatic heterocycles. The van der Waals surface area contributed by atoms with Crippen molar-refractivity contribution in [2.75, 3.05) is 0 Å². The van der Waals surface area contributed by atoms with Gasteiger partial charge in [0.1, 0.15) is 0 Å². The molecule has 0 aliphatic carbocycles. The molecule has 0 spiro atoms. The lowest BCUT2D eigenvalue weighted by atomic mass is 10.1. The lowest BCUT2D eigenvalue weighted by Crippen LogP contribution is -2.56. The second-order valence-corrected chi connectivity index (χ2v) is 19.5. The van der Waals surface area contributed by atoms with Crippen LogP contribution in [0.3, 0.4) is 0 Å². The summed E-state index contributed by atoms with van der Waals surface area (Å²) in [6.07, 6.45) is -16.9. The van der Waals surface area contributed by atoms with E-state index in [1.54, 1.807) is 36.4 Å². The second-order valence-electron chi connectivity index (χ2n) is 13.4. The summed E-state index contributed by atoms with van der Waals surface area (Å²) in [5.74, 6) is -0.964. The first kappa shape index (κ1) is 38.6. The van der Waals surface area contributed by atoms with Gasteiger partial charge in [-0.1, -0.05) is 170 Å². The summed E-state index contributed by atoms with van der Waals surface area (Å²) in [7, 11) is -3.20. The van der Waals surface area contributed by atoms with Crippen molar-refractivity contribution < 1.29 is 40.4 Å². The van der Waals surface area contributed by atoms with E-state index in [1.165, 1.54) is 5.80 Å². The third kappa shape index (κ3) is 7.77. The van der Waals surface area contributed by atoms with Crippen LogP contribution < -0.4 is 31.8 Å². The monoisotopic (exact) mass is 788 g/mol. The zero-order chi connectivity index (χ0) is 38.9. The molecule has 282 valence electrons. The van der Waals surface area contributed by atoms with Crippen LogP contribution >= 0.6 is 14.0 Å². The van der Waals surface area contributed by atoms with Crippen LogP contribution in [-0.2, 0) is 14.0 Å². The first-order valence-electron chi connectivity index (χ1n) is 17.5. The van der Waals surface area contributed by atoms with Crippen molar-refractivity contribution in [2.45, 2.75) is 43.7 Å². The van der Waals surface area contributed by atoms with E-state index in [0.717, 1.165) is 18.1 Å². The van der Waals surface area contributed by atoms with E-state index in [-0.39, 0.29) is 0 Å². The Morgan fingerprint density at radius 3 is 1.13 bits per heavy atom. The molecule has 1 fully saturated rings. The lowest BCUT2D eigenvalue weighted by molar-refractivity contribution is -0.370. The van der Waals surface area contributed by atoms with Gasteiger partial charge in [-0.05, 0) is 46.6 Å². The van der Waals surface area contributed by atoms with E-state index in [9.17, 15) is 30.9 Å². The van der Waals surface area contributed by atoms with Gasteiger partial charge in [0, 0.05) is 22.3 Å². The number of benzene rings is 6. The fourth-order valence-electron chi connectivity index (χ4n) is 7.17. The van der Waals surface area contributed by atoms with Gasteiger partial charge in [0.25, 0.3) is 0 Å². The van der Waals surface area contributed by atoms with Crippen LogP contribution in [0.5, 0.6) is 0 Å². The summed E-state index contributed by atoms with van der Waals surface area (Å²) in [5.41, 5.74) is 1.62. The Morgan fingerprint density at radius 2 is 0.782 bits per heavy atom. The van der Waals surface area contributed by atoms with Crippen LogP contribution in [0.25, 0.3) is 11.1 Å². The summed E-state index contributed by atoms with van der Waals surface area (Å²) in [6, 6.07) is 51.6. The number of hydrogen-bond donors (Lipinski definition) is 0. The minimum absolute atomic E-state index is 0.660. The molecule has 7 rings (SSSR count). The quantitative estimate of drug-likeness (QED) is 0.114. The Labute approximate surface area is 315 Å². The third-order valence-electron chi connectivity index (χ3n) is 9.74. The summed E-state index contributed by atoms with van der Waals surface area (Å²) in [5, 5.41) is 4.10. The average molecular weight is 789 g/mol. The molecule has 1 heterocycles. The lowest BCUT2D eigenvalue weighted by Gasteiger charge is -2.44. The van der Waals surface area contributed by atoms with Gasteiger partial charge in [-0.15, -0.1) is 0 Å². The first-order chi connectivity index (χ1) is 26.2. The highest BCUT2D eigenvalue weighted by molar-refractivity contribution is 7.94. The maximum absolute atomic E-state index is 14.9. The third-order valence-corrected chi connectivity index (χ3v) is 17.0. The summed E-state index contributed by atoms with van der Waals surface area (Å²) in [6.45, 7) is -2.07. The Bertz CT molecular complexity index is 2210. The highest BCUT2D eigenvalue weighted by Gasteiger charge is 2.57. The van der Waals surface area contributed by atoms with Crippen molar-refractivity contribution in [3.8, 4) is 11.1 Å². The van der Waals surface area contributed by atoms with Gasteiger partial charge in [-0.25, -0.2) is 0 Å². The molecule has 0 amide bonds. The number of rotatable bonds is 8. The number of halogens is 6. The molecule has 2 atom stereocenters. The van der Waals surface area contributed by atoms with Gasteiger partial charge in [0.05, 0.1) is 0 Å². The van der Waals surface area contributed by atoms with Crippen molar-refractivity contribution in [2.24, 2.45) is 0 Å². The van der Waals surface area contributed by atoms with Crippen LogP contribution in [0.1, 0.15) is 13.3 Å². The van der Waals surface area contributed by atoms with Gasteiger partial charge >= 0.3 is 12.4 Å². The van der Waals surface area contributed by atoms with E-state index in [2.05, 4.69) is 0 Å². The van der Waals surface area contributed by atoms with Crippen molar-refractivity contribution in [1.82, 2.24) is 0 Å². The fourth-order valence-corrected chi connectivity index (χ4v) is 13.9. The van der Waals surface area contributed by atoms with E-state index in [4.69, 9.17) is 9.47 Å². The highest BCUT2D eigenvalue weighted by atomic mass is 31.2. The Balaban J connectivity index is 1.35. The van der Waals surface area contributed by atoms with Gasteiger partial charge in [-0.3, -0.25) is 0 Å². The molecule has 6 aromatic carbocycles. The SMILES string of the molecule is CC1(C=P(c2ccccc2)(c2ccccc2)c2ccc(-c3ccc(P(=O)(c4ccccc4)c4ccccc4)cc3)cc2)OC(C(F)(F)F)CC(C(F)(F)F)O1. The van der Waals surface area contributed by atoms with E-state index >= 15 is 0 Å². The predicted octanol–water partition coefficient (Wildman–Crippen LogP) is 9.10. The summed E-state index contributed by atoms with van der Waals surface area (Å²) < 4.78 is 111. The molecule has 1 aliphatic rings. The summed E-state index contributed by atoms with van der Waals surface area (Å²) >= 11 is 0. The largest absolute Gasteiger partial charge is 0.414 e. The molecule has 11 heteroatoms. The Hall–Kier alpha value is -4.65. The van der Waals surface area contributed by atoms with Crippen LogP contribution in [0.4, 0.5) is 26.3 Å². The Morgan fingerprint density at radius 1 is 0.491 bits per heavy atom. The van der Waals surface area contributed by atoms with Gasteiger partial charge in [-0.2, -0.15) is 26.3 Å². The molecule has 2 unspecified atom stereocenters. The maximum atomic E-state index is 14.9. The standard InChI is InChI=1S/C44H36F6O3P2/c1-42(52-40(43(45,46)47)30-41(53-42)44(48,49)50)31-54(34-14-6-2-7-15-34,35-16-8-3-9-17-35)36-26-22-32(23-27-36)33-24-28-39(29-25-33)55(51,37-18-10-4-11-19-37)38-20-12-5-13-21-38/h2-29,31,40-41H,30H2,1H3. The van der Waals surface area contributed by atoms with Crippen LogP contribution in [0.15, 0.2) is 170 Å². The number of alkyl halides is 6. The average Bonchev–Trinajstić information content (AvgIpc) is 3.20.